The number of hydrogen-bond acceptors (Lipinski definition) is 5. The molecule has 3 heterocycles. The van der Waals surface area contributed by atoms with E-state index in [2.05, 4.69) is 9.97 Å². The van der Waals surface area contributed by atoms with Gasteiger partial charge in [0.15, 0.2) is 0 Å². The molecule has 0 atom stereocenters. The third kappa shape index (κ3) is 2.89. The van der Waals surface area contributed by atoms with Gasteiger partial charge >= 0.3 is 5.97 Å². The van der Waals surface area contributed by atoms with E-state index in [9.17, 15) is 9.90 Å². The number of nitrogens with one attached hydrogen (secondary N) is 1. The van der Waals surface area contributed by atoms with Gasteiger partial charge in [-0.3, -0.25) is 0 Å². The van der Waals surface area contributed by atoms with Crippen molar-refractivity contribution in [2.45, 2.75) is 6.61 Å². The average molecular weight is 365 g/mol. The molecule has 0 aliphatic rings. The highest BCUT2D eigenvalue weighted by Crippen LogP contribution is 2.33. The molecule has 130 valence electrons. The number of pyridine rings is 1. The summed E-state index contributed by atoms with van der Waals surface area (Å²) in [5, 5.41) is 11.8. The minimum absolute atomic E-state index is 0.152. The zero-order valence-electron chi connectivity index (χ0n) is 13.6. The average Bonchev–Trinajstić information content (AvgIpc) is 3.31. The summed E-state index contributed by atoms with van der Waals surface area (Å²) < 4.78 is 6.53. The van der Waals surface area contributed by atoms with Gasteiger partial charge in [0.1, 0.15) is 18.2 Å². The lowest BCUT2D eigenvalue weighted by Gasteiger charge is -2.08. The number of rotatable bonds is 5. The molecule has 4 rings (SSSR count). The van der Waals surface area contributed by atoms with Gasteiger partial charge in [-0.2, -0.15) is 0 Å². The molecule has 6 nitrogen and oxygen atoms in total. The molecule has 0 fully saturated rings. The molecule has 0 saturated carbocycles. The Morgan fingerprint density at radius 2 is 2.19 bits per heavy atom. The number of aromatic carboxylic acids is 1. The molecule has 4 aromatic rings. The maximum absolute atomic E-state index is 11.4. The van der Waals surface area contributed by atoms with E-state index < -0.39 is 5.97 Å². The van der Waals surface area contributed by atoms with Crippen molar-refractivity contribution < 1.29 is 14.6 Å². The molecule has 0 amide bonds. The summed E-state index contributed by atoms with van der Waals surface area (Å²) in [5.41, 5.74) is 8.98. The monoisotopic (exact) mass is 365 g/mol. The number of hydrogen-bond donors (Lipinski definition) is 3. The Balaban J connectivity index is 1.62. The fourth-order valence-electron chi connectivity index (χ4n) is 2.81. The van der Waals surface area contributed by atoms with Gasteiger partial charge < -0.3 is 20.6 Å². The Labute approximate surface area is 152 Å². The molecule has 0 aliphatic carbocycles. The summed E-state index contributed by atoms with van der Waals surface area (Å²) in [4.78, 5) is 18.5. The van der Waals surface area contributed by atoms with E-state index in [1.807, 2.05) is 48.0 Å². The predicted octanol–water partition coefficient (Wildman–Crippen LogP) is 4.15. The van der Waals surface area contributed by atoms with Crippen LogP contribution in [-0.2, 0) is 6.61 Å². The third-order valence-electron chi connectivity index (χ3n) is 4.07. The first-order chi connectivity index (χ1) is 12.6. The Hall–Kier alpha value is -3.32. The van der Waals surface area contributed by atoms with Crippen LogP contribution in [0, 0.1) is 0 Å². The van der Waals surface area contributed by atoms with Crippen LogP contribution in [0.3, 0.4) is 0 Å². The number of nitrogens with zero attached hydrogens (tertiary/aromatic N) is 1. The van der Waals surface area contributed by atoms with Crippen molar-refractivity contribution in [3.63, 3.8) is 0 Å². The van der Waals surface area contributed by atoms with Crippen LogP contribution in [0.5, 0.6) is 5.75 Å². The number of fused-ring (bicyclic) bond motifs is 1. The van der Waals surface area contributed by atoms with E-state index >= 15 is 0 Å². The Bertz CT molecular complexity index is 1090. The first-order valence-electron chi connectivity index (χ1n) is 7.88. The zero-order valence-corrected chi connectivity index (χ0v) is 14.4. The normalized spacial score (nSPS) is 10.9. The van der Waals surface area contributed by atoms with Gasteiger partial charge in [-0.05, 0) is 29.6 Å². The number of aromatic amines is 1. The highest BCUT2D eigenvalue weighted by Gasteiger charge is 2.17. The molecule has 0 unspecified atom stereocenters. The van der Waals surface area contributed by atoms with E-state index in [4.69, 9.17) is 10.5 Å². The minimum Gasteiger partial charge on any atom is -0.489 e. The molecular formula is C19H15N3O3S. The van der Waals surface area contributed by atoms with Gasteiger partial charge in [0.2, 0.25) is 0 Å². The maximum atomic E-state index is 11.4. The van der Waals surface area contributed by atoms with Crippen molar-refractivity contribution in [3.05, 3.63) is 65.3 Å². The van der Waals surface area contributed by atoms with Crippen LogP contribution in [0.2, 0.25) is 0 Å². The quantitative estimate of drug-likeness (QED) is 0.493. The minimum atomic E-state index is -1.02. The molecule has 0 bridgehead atoms. The number of aromatic nitrogens is 2. The number of ether oxygens (including phenoxy) is 1. The summed E-state index contributed by atoms with van der Waals surface area (Å²) in [7, 11) is 0. The van der Waals surface area contributed by atoms with Crippen molar-refractivity contribution >= 4 is 33.2 Å². The number of benzene rings is 1. The second-order valence-electron chi connectivity index (χ2n) is 5.73. The number of carbonyl (C=O) groups is 1. The molecule has 0 aliphatic heterocycles. The highest BCUT2D eigenvalue weighted by atomic mass is 32.1. The van der Waals surface area contributed by atoms with Gasteiger partial charge in [-0.1, -0.05) is 12.1 Å². The maximum Gasteiger partial charge on any atom is 0.338 e. The lowest BCUT2D eigenvalue weighted by molar-refractivity contribution is 0.0699. The highest BCUT2D eigenvalue weighted by molar-refractivity contribution is 7.17. The fraction of sp³-hybridized carbons (Fsp3) is 0.0526. The predicted molar refractivity (Wildman–Crippen MR) is 102 cm³/mol. The molecule has 0 spiro atoms. The van der Waals surface area contributed by atoms with Crippen LogP contribution in [0.1, 0.15) is 15.9 Å². The zero-order chi connectivity index (χ0) is 18.1. The van der Waals surface area contributed by atoms with Crippen LogP contribution in [0.4, 0.5) is 5.82 Å². The molecule has 0 saturated heterocycles. The number of carboxylic acid groups (broad SMARTS) is 1. The van der Waals surface area contributed by atoms with Crippen molar-refractivity contribution in [1.29, 1.82) is 0 Å². The van der Waals surface area contributed by atoms with Gasteiger partial charge in [0.05, 0.1) is 10.3 Å². The van der Waals surface area contributed by atoms with Crippen LogP contribution in [-0.4, -0.2) is 21.0 Å². The number of anilines is 1. The number of carboxylic acids is 1. The van der Waals surface area contributed by atoms with Crippen molar-refractivity contribution in [3.8, 4) is 17.0 Å². The number of H-pyrrole nitrogens is 1. The van der Waals surface area contributed by atoms with Gasteiger partial charge in [-0.25, -0.2) is 9.78 Å². The van der Waals surface area contributed by atoms with E-state index in [0.717, 1.165) is 22.6 Å². The number of nitrogens with two attached hydrogens (primary N) is 1. The topological polar surface area (TPSA) is 101 Å². The largest absolute Gasteiger partial charge is 0.489 e. The molecule has 4 N–H and O–H groups in total. The lowest BCUT2D eigenvalue weighted by Crippen LogP contribution is -2.02. The van der Waals surface area contributed by atoms with Gasteiger partial charge in [-0.15, -0.1) is 11.3 Å². The second kappa shape index (κ2) is 6.53. The van der Waals surface area contributed by atoms with Crippen molar-refractivity contribution in [1.82, 2.24) is 9.97 Å². The van der Waals surface area contributed by atoms with E-state index in [1.165, 1.54) is 17.5 Å². The summed E-state index contributed by atoms with van der Waals surface area (Å²) in [6.07, 6.45) is 3.16. The van der Waals surface area contributed by atoms with Crippen LogP contribution in [0.15, 0.2) is 54.2 Å². The standard InChI is InChI=1S/C19H15N3O3S/c20-18-16-12(10-26-17(16)14(8-22-18)19(23)24)9-25-13-4-1-3-11(7-13)15-5-2-6-21-15/h1-8,10,21H,9H2,(H2,20,22)(H,23,24). The van der Waals surface area contributed by atoms with E-state index in [-0.39, 0.29) is 12.2 Å². The molecule has 0 radical (unpaired) electrons. The van der Waals surface area contributed by atoms with E-state index in [1.54, 1.807) is 0 Å². The second-order valence-corrected chi connectivity index (χ2v) is 6.61. The summed E-state index contributed by atoms with van der Waals surface area (Å²) in [5.74, 6) is 0.0119. The molecule has 7 heteroatoms. The van der Waals surface area contributed by atoms with Crippen LogP contribution < -0.4 is 10.5 Å². The summed E-state index contributed by atoms with van der Waals surface area (Å²) in [6.45, 7) is 0.281. The Kier molecular flexibility index (Phi) is 4.06. The van der Waals surface area contributed by atoms with Crippen LogP contribution in [0.25, 0.3) is 21.3 Å². The van der Waals surface area contributed by atoms with Gasteiger partial charge in [0, 0.05) is 34.6 Å². The van der Waals surface area contributed by atoms with Crippen molar-refractivity contribution in [2.75, 3.05) is 5.73 Å². The van der Waals surface area contributed by atoms with Gasteiger partial charge in [0.25, 0.3) is 0 Å². The summed E-state index contributed by atoms with van der Waals surface area (Å²) >= 11 is 1.33. The molecular weight excluding hydrogens is 350 g/mol. The van der Waals surface area contributed by atoms with Crippen LogP contribution >= 0.6 is 11.3 Å². The smallest absolute Gasteiger partial charge is 0.338 e. The Morgan fingerprint density at radius 1 is 1.31 bits per heavy atom. The molecule has 1 aromatic carbocycles. The number of thiophene rings is 1. The van der Waals surface area contributed by atoms with E-state index in [0.29, 0.717) is 15.9 Å². The Morgan fingerprint density at radius 3 is 2.96 bits per heavy atom. The SMILES string of the molecule is Nc1ncc(C(=O)O)c2scc(COc3cccc(-c4ccc[nH]4)c3)c12. The first-order valence-corrected chi connectivity index (χ1v) is 8.76. The first kappa shape index (κ1) is 16.2. The summed E-state index contributed by atoms with van der Waals surface area (Å²) in [6, 6.07) is 11.7. The lowest BCUT2D eigenvalue weighted by atomic mass is 10.1. The number of nitrogen functional groups attached to an aromatic ring is 1. The fourth-order valence-corrected chi connectivity index (χ4v) is 3.88. The van der Waals surface area contributed by atoms with Crippen molar-refractivity contribution in [2.24, 2.45) is 0 Å². The molecule has 3 aromatic heterocycles. The molecule has 26 heavy (non-hydrogen) atoms. The third-order valence-corrected chi connectivity index (χ3v) is 5.13.